The molecular weight excluding hydrogens is 530 g/mol. The van der Waals surface area contributed by atoms with E-state index in [4.69, 9.17) is 4.74 Å². The van der Waals surface area contributed by atoms with Crippen LogP contribution in [0.5, 0.6) is 5.75 Å². The molecule has 4 aromatic rings. The Morgan fingerprint density at radius 1 is 0.872 bits per heavy atom. The van der Waals surface area contributed by atoms with Crippen molar-refractivity contribution in [2.24, 2.45) is 0 Å². The second-order valence-corrected chi connectivity index (χ2v) is 10.0. The third-order valence-corrected chi connectivity index (χ3v) is 7.03. The Morgan fingerprint density at radius 3 is 2.23 bits per heavy atom. The van der Waals surface area contributed by atoms with E-state index in [0.717, 1.165) is 16.2 Å². The van der Waals surface area contributed by atoms with Crippen LogP contribution in [0.2, 0.25) is 0 Å². The van der Waals surface area contributed by atoms with Crippen molar-refractivity contribution in [2.75, 3.05) is 23.0 Å². The van der Waals surface area contributed by atoms with Crippen LogP contribution >= 0.6 is 23.1 Å². The Labute approximate surface area is 235 Å². The molecule has 198 valence electrons. The van der Waals surface area contributed by atoms with Crippen molar-refractivity contribution in [3.05, 3.63) is 113 Å². The van der Waals surface area contributed by atoms with Gasteiger partial charge < -0.3 is 20.7 Å². The van der Waals surface area contributed by atoms with Crippen LogP contribution < -0.4 is 20.7 Å². The van der Waals surface area contributed by atoms with Gasteiger partial charge in [0.2, 0.25) is 5.91 Å². The summed E-state index contributed by atoms with van der Waals surface area (Å²) in [7, 11) is 0. The number of rotatable bonds is 11. The quantitative estimate of drug-likeness (QED) is 0.149. The van der Waals surface area contributed by atoms with E-state index in [2.05, 4.69) is 16.0 Å². The second-order valence-electron chi connectivity index (χ2n) is 8.21. The van der Waals surface area contributed by atoms with E-state index in [1.165, 1.54) is 23.1 Å². The molecule has 3 amide bonds. The number of carbonyl (C=O) groups excluding carboxylic acids is 3. The molecule has 0 bridgehead atoms. The standard InChI is InChI=1S/C30H27N3O4S2/c1-2-37-25-12-8-23(9-13-25)31-28(34)20-39-26-14-10-24(11-15-26)32-30(36)27(18-21-16-17-38-19-21)33-29(35)22-6-4-3-5-7-22/h3-19H,2,20H2,1H3,(H,31,34)(H,32,36)(H,33,35)/b27-18-. The van der Waals surface area contributed by atoms with Gasteiger partial charge in [0.15, 0.2) is 0 Å². The van der Waals surface area contributed by atoms with Gasteiger partial charge in [-0.1, -0.05) is 18.2 Å². The number of thiophene rings is 1. The molecule has 0 aliphatic rings. The van der Waals surface area contributed by atoms with Crippen molar-refractivity contribution < 1.29 is 19.1 Å². The van der Waals surface area contributed by atoms with Crippen molar-refractivity contribution in [3.8, 4) is 5.75 Å². The van der Waals surface area contributed by atoms with Crippen LogP contribution in [0.1, 0.15) is 22.8 Å². The summed E-state index contributed by atoms with van der Waals surface area (Å²) in [5.74, 6) is 0.0459. The minimum absolute atomic E-state index is 0.126. The first kappa shape index (κ1) is 27.7. The highest BCUT2D eigenvalue weighted by molar-refractivity contribution is 8.00. The van der Waals surface area contributed by atoms with Gasteiger partial charge in [0.25, 0.3) is 11.8 Å². The molecule has 0 fully saturated rings. The molecule has 3 aromatic carbocycles. The maximum Gasteiger partial charge on any atom is 0.272 e. The first-order chi connectivity index (χ1) is 19.0. The first-order valence-electron chi connectivity index (χ1n) is 12.2. The van der Waals surface area contributed by atoms with E-state index in [1.54, 1.807) is 54.6 Å². The van der Waals surface area contributed by atoms with Gasteiger partial charge in [0.05, 0.1) is 12.4 Å². The average Bonchev–Trinajstić information content (AvgIpc) is 3.47. The van der Waals surface area contributed by atoms with Crippen LogP contribution in [0.15, 0.2) is 106 Å². The third kappa shape index (κ3) is 8.59. The second kappa shape index (κ2) is 14.0. The molecule has 0 spiro atoms. The third-order valence-electron chi connectivity index (χ3n) is 5.31. The molecule has 39 heavy (non-hydrogen) atoms. The molecule has 0 radical (unpaired) electrons. The topological polar surface area (TPSA) is 96.5 Å². The number of carbonyl (C=O) groups is 3. The number of nitrogens with one attached hydrogen (secondary N) is 3. The molecule has 0 aliphatic heterocycles. The SMILES string of the molecule is CCOc1ccc(NC(=O)CSc2ccc(NC(=O)/C(=C/c3ccsc3)NC(=O)c3ccccc3)cc2)cc1. The summed E-state index contributed by atoms with van der Waals surface area (Å²) in [5, 5.41) is 12.2. The van der Waals surface area contributed by atoms with E-state index >= 15 is 0 Å². The van der Waals surface area contributed by atoms with Crippen LogP contribution in [0.3, 0.4) is 0 Å². The number of ether oxygens (including phenoxy) is 1. The lowest BCUT2D eigenvalue weighted by molar-refractivity contribution is -0.114. The number of hydrogen-bond acceptors (Lipinski definition) is 6. The van der Waals surface area contributed by atoms with Gasteiger partial charge in [-0.3, -0.25) is 14.4 Å². The lowest BCUT2D eigenvalue weighted by Crippen LogP contribution is -2.30. The summed E-state index contributed by atoms with van der Waals surface area (Å²) >= 11 is 2.88. The van der Waals surface area contributed by atoms with Gasteiger partial charge in [0.1, 0.15) is 11.4 Å². The fourth-order valence-electron chi connectivity index (χ4n) is 3.45. The molecule has 0 atom stereocenters. The van der Waals surface area contributed by atoms with Gasteiger partial charge in [-0.15, -0.1) is 11.8 Å². The van der Waals surface area contributed by atoms with Crippen molar-refractivity contribution in [2.45, 2.75) is 11.8 Å². The zero-order chi connectivity index (χ0) is 27.5. The number of benzene rings is 3. The fourth-order valence-corrected chi connectivity index (χ4v) is 4.76. The van der Waals surface area contributed by atoms with E-state index < -0.39 is 5.91 Å². The highest BCUT2D eigenvalue weighted by atomic mass is 32.2. The number of thioether (sulfide) groups is 1. The van der Waals surface area contributed by atoms with Gasteiger partial charge in [-0.25, -0.2) is 0 Å². The predicted octanol–water partition coefficient (Wildman–Crippen LogP) is 6.29. The summed E-state index contributed by atoms with van der Waals surface area (Å²) in [5.41, 5.74) is 2.66. The van der Waals surface area contributed by atoms with E-state index in [0.29, 0.717) is 23.5 Å². The summed E-state index contributed by atoms with van der Waals surface area (Å²) < 4.78 is 5.41. The highest BCUT2D eigenvalue weighted by Crippen LogP contribution is 2.22. The molecule has 0 unspecified atom stereocenters. The Morgan fingerprint density at radius 2 is 1.56 bits per heavy atom. The van der Waals surface area contributed by atoms with Crippen LogP contribution in [-0.2, 0) is 9.59 Å². The molecule has 0 saturated carbocycles. The minimum atomic E-state index is -0.444. The van der Waals surface area contributed by atoms with Gasteiger partial charge in [-0.2, -0.15) is 11.3 Å². The van der Waals surface area contributed by atoms with Crippen molar-refractivity contribution >= 4 is 58.3 Å². The Balaban J connectivity index is 1.33. The van der Waals surface area contributed by atoms with Crippen LogP contribution in [0, 0.1) is 0 Å². The van der Waals surface area contributed by atoms with Crippen LogP contribution in [-0.4, -0.2) is 30.1 Å². The zero-order valence-corrected chi connectivity index (χ0v) is 22.8. The maximum atomic E-state index is 13.1. The molecule has 1 aromatic heterocycles. The fraction of sp³-hybridized carbons (Fsp3) is 0.100. The molecule has 7 nitrogen and oxygen atoms in total. The molecule has 0 saturated heterocycles. The monoisotopic (exact) mass is 557 g/mol. The van der Waals surface area contributed by atoms with Crippen LogP contribution in [0.4, 0.5) is 11.4 Å². The Bertz CT molecular complexity index is 1420. The molecule has 4 rings (SSSR count). The summed E-state index contributed by atoms with van der Waals surface area (Å²) in [6.45, 7) is 2.50. The highest BCUT2D eigenvalue weighted by Gasteiger charge is 2.15. The summed E-state index contributed by atoms with van der Waals surface area (Å²) in [6.07, 6.45) is 1.64. The van der Waals surface area contributed by atoms with E-state index in [1.807, 2.05) is 54.1 Å². The summed E-state index contributed by atoms with van der Waals surface area (Å²) in [4.78, 5) is 39.0. The zero-order valence-electron chi connectivity index (χ0n) is 21.2. The molecular formula is C30H27N3O4S2. The number of amides is 3. The Hall–Kier alpha value is -4.34. The normalized spacial score (nSPS) is 10.9. The van der Waals surface area contributed by atoms with Crippen molar-refractivity contribution in [3.63, 3.8) is 0 Å². The molecule has 9 heteroatoms. The molecule has 0 aliphatic carbocycles. The van der Waals surface area contributed by atoms with E-state index in [-0.39, 0.29) is 23.3 Å². The van der Waals surface area contributed by atoms with Gasteiger partial charge in [-0.05, 0) is 96.1 Å². The Kier molecular flexibility index (Phi) is 9.93. The van der Waals surface area contributed by atoms with Gasteiger partial charge >= 0.3 is 0 Å². The number of hydrogen-bond donors (Lipinski definition) is 3. The van der Waals surface area contributed by atoms with Gasteiger partial charge in [0, 0.05) is 21.8 Å². The largest absolute Gasteiger partial charge is 0.494 e. The number of anilines is 2. The molecule has 1 heterocycles. The lowest BCUT2D eigenvalue weighted by atomic mass is 10.2. The van der Waals surface area contributed by atoms with Crippen molar-refractivity contribution in [1.82, 2.24) is 5.32 Å². The first-order valence-corrected chi connectivity index (χ1v) is 14.1. The van der Waals surface area contributed by atoms with E-state index in [9.17, 15) is 14.4 Å². The molecule has 3 N–H and O–H groups in total. The lowest BCUT2D eigenvalue weighted by Gasteiger charge is -2.11. The minimum Gasteiger partial charge on any atom is -0.494 e. The van der Waals surface area contributed by atoms with Crippen molar-refractivity contribution in [1.29, 1.82) is 0 Å². The smallest absolute Gasteiger partial charge is 0.272 e. The maximum absolute atomic E-state index is 13.1. The average molecular weight is 558 g/mol. The predicted molar refractivity (Wildman–Crippen MR) is 158 cm³/mol. The summed E-state index contributed by atoms with van der Waals surface area (Å²) in [6, 6.07) is 25.0. The van der Waals surface area contributed by atoms with Crippen LogP contribution in [0.25, 0.3) is 6.08 Å².